The van der Waals surface area contributed by atoms with Gasteiger partial charge in [0.15, 0.2) is 0 Å². The number of urea groups is 1. The lowest BCUT2D eigenvalue weighted by Crippen LogP contribution is -2.57. The predicted octanol–water partition coefficient (Wildman–Crippen LogP) is 0.907. The van der Waals surface area contributed by atoms with E-state index in [2.05, 4.69) is 26.1 Å². The van der Waals surface area contributed by atoms with Gasteiger partial charge in [-0.2, -0.15) is 0 Å². The highest BCUT2D eigenvalue weighted by atomic mass is 32.2. The third-order valence-electron chi connectivity index (χ3n) is 4.28. The van der Waals surface area contributed by atoms with E-state index in [0.717, 1.165) is 23.7 Å². The lowest BCUT2D eigenvalue weighted by Gasteiger charge is -2.27. The molecular weight excluding hydrogens is 382 g/mol. The molecule has 148 valence electrons. The van der Waals surface area contributed by atoms with E-state index in [-0.39, 0.29) is 41.1 Å². The largest absolute Gasteiger partial charge is 0.416 e. The minimum atomic E-state index is -0.506. The Balaban J connectivity index is 1.41. The topological polar surface area (TPSA) is 126 Å². The van der Waals surface area contributed by atoms with Gasteiger partial charge in [0.05, 0.1) is 11.7 Å². The third-order valence-corrected chi connectivity index (χ3v) is 5.10. The molecule has 0 saturated carbocycles. The molecule has 3 rings (SSSR count). The predicted molar refractivity (Wildman–Crippen MR) is 102 cm³/mol. The van der Waals surface area contributed by atoms with Crippen molar-refractivity contribution in [2.75, 3.05) is 12.3 Å². The second-order valence-electron chi connectivity index (χ2n) is 6.40. The van der Waals surface area contributed by atoms with Crippen LogP contribution in [-0.2, 0) is 22.4 Å². The molecule has 0 spiro atoms. The monoisotopic (exact) mass is 403 g/mol. The van der Waals surface area contributed by atoms with Gasteiger partial charge in [0.2, 0.25) is 17.7 Å². The minimum Gasteiger partial charge on any atom is -0.416 e. The van der Waals surface area contributed by atoms with Gasteiger partial charge in [-0.15, -0.1) is 10.2 Å². The molecule has 0 radical (unpaired) electrons. The zero-order chi connectivity index (χ0) is 19.9. The lowest BCUT2D eigenvalue weighted by atomic mass is 9.95. The van der Waals surface area contributed by atoms with Crippen LogP contribution < -0.4 is 16.0 Å². The highest BCUT2D eigenvalue weighted by Gasteiger charge is 2.34. The van der Waals surface area contributed by atoms with Crippen molar-refractivity contribution in [2.45, 2.75) is 31.0 Å². The number of rotatable bonds is 8. The zero-order valence-electron chi connectivity index (χ0n) is 15.3. The molecular formula is C18H21N5O4S. The second kappa shape index (κ2) is 9.36. The molecule has 1 aromatic heterocycles. The zero-order valence-corrected chi connectivity index (χ0v) is 16.1. The molecule has 1 fully saturated rings. The van der Waals surface area contributed by atoms with E-state index in [1.165, 1.54) is 0 Å². The van der Waals surface area contributed by atoms with Crippen LogP contribution in [0.5, 0.6) is 0 Å². The standard InChI is InChI=1S/C18H21N5O4S/c1-11-13(16(25)21-17(26)20-11)9-15-22-23-18(27-15)28-10-14(24)19-8-7-12-5-3-2-4-6-12/h2-6,11,13H,7-10H2,1H3,(H,19,24)(H2,20,21,25,26). The van der Waals surface area contributed by atoms with Crippen LogP contribution in [0.1, 0.15) is 18.4 Å². The summed E-state index contributed by atoms with van der Waals surface area (Å²) in [5.74, 6) is -0.537. The quantitative estimate of drug-likeness (QED) is 0.559. The first-order valence-corrected chi connectivity index (χ1v) is 9.87. The second-order valence-corrected chi connectivity index (χ2v) is 7.32. The summed E-state index contributed by atoms with van der Waals surface area (Å²) in [5.41, 5.74) is 1.16. The number of hydrogen-bond acceptors (Lipinski definition) is 7. The number of carbonyl (C=O) groups excluding carboxylic acids is 3. The molecule has 4 amide bonds. The van der Waals surface area contributed by atoms with Gasteiger partial charge in [0, 0.05) is 19.0 Å². The average Bonchev–Trinajstić information content (AvgIpc) is 3.11. The van der Waals surface area contributed by atoms with Crippen LogP contribution >= 0.6 is 11.8 Å². The molecule has 1 saturated heterocycles. The molecule has 1 aromatic carbocycles. The molecule has 1 aliphatic rings. The van der Waals surface area contributed by atoms with E-state index in [4.69, 9.17) is 4.42 Å². The van der Waals surface area contributed by atoms with Gasteiger partial charge in [0.25, 0.3) is 5.22 Å². The van der Waals surface area contributed by atoms with Crippen LogP contribution in [0.25, 0.3) is 0 Å². The Kier molecular flexibility index (Phi) is 6.64. The number of amides is 4. The Bertz CT molecular complexity index is 842. The molecule has 28 heavy (non-hydrogen) atoms. The van der Waals surface area contributed by atoms with Crippen molar-refractivity contribution in [3.8, 4) is 0 Å². The fraction of sp³-hybridized carbons (Fsp3) is 0.389. The highest BCUT2D eigenvalue weighted by Crippen LogP contribution is 2.19. The fourth-order valence-corrected chi connectivity index (χ4v) is 3.39. The van der Waals surface area contributed by atoms with E-state index in [9.17, 15) is 14.4 Å². The maximum atomic E-state index is 11.9. The first-order chi connectivity index (χ1) is 13.5. The number of thioether (sulfide) groups is 1. The van der Waals surface area contributed by atoms with Gasteiger partial charge in [0.1, 0.15) is 0 Å². The summed E-state index contributed by atoms with van der Waals surface area (Å²) in [6.45, 7) is 2.30. The van der Waals surface area contributed by atoms with Crippen LogP contribution in [0, 0.1) is 5.92 Å². The van der Waals surface area contributed by atoms with E-state index in [1.807, 2.05) is 30.3 Å². The number of benzene rings is 1. The molecule has 10 heteroatoms. The van der Waals surface area contributed by atoms with Crippen molar-refractivity contribution < 1.29 is 18.8 Å². The Morgan fingerprint density at radius 3 is 2.79 bits per heavy atom. The van der Waals surface area contributed by atoms with Crippen molar-refractivity contribution in [3.63, 3.8) is 0 Å². The summed E-state index contributed by atoms with van der Waals surface area (Å²) in [6.07, 6.45) is 0.976. The van der Waals surface area contributed by atoms with Gasteiger partial charge >= 0.3 is 6.03 Å². The number of nitrogens with one attached hydrogen (secondary N) is 3. The van der Waals surface area contributed by atoms with Crippen LogP contribution in [0.15, 0.2) is 40.0 Å². The normalized spacial score (nSPS) is 19.0. The number of hydrogen-bond donors (Lipinski definition) is 3. The maximum Gasteiger partial charge on any atom is 0.321 e. The van der Waals surface area contributed by atoms with Crippen LogP contribution in [0.2, 0.25) is 0 Å². The van der Waals surface area contributed by atoms with Crippen molar-refractivity contribution in [1.82, 2.24) is 26.1 Å². The van der Waals surface area contributed by atoms with Crippen molar-refractivity contribution in [3.05, 3.63) is 41.8 Å². The summed E-state index contributed by atoms with van der Waals surface area (Å²) in [6, 6.07) is 9.07. The molecule has 2 atom stereocenters. The molecule has 0 aliphatic carbocycles. The Hall–Kier alpha value is -2.88. The van der Waals surface area contributed by atoms with Gasteiger partial charge in [-0.1, -0.05) is 42.1 Å². The molecule has 0 bridgehead atoms. The Morgan fingerprint density at radius 2 is 2.04 bits per heavy atom. The molecule has 1 aliphatic heterocycles. The van der Waals surface area contributed by atoms with Crippen molar-refractivity contribution in [1.29, 1.82) is 0 Å². The van der Waals surface area contributed by atoms with Gasteiger partial charge in [-0.05, 0) is 18.9 Å². The minimum absolute atomic E-state index is 0.122. The SMILES string of the molecule is CC1NC(=O)NC(=O)C1Cc1nnc(SCC(=O)NCCc2ccccc2)o1. The summed E-state index contributed by atoms with van der Waals surface area (Å²) < 4.78 is 5.50. The lowest BCUT2D eigenvalue weighted by molar-refractivity contribution is -0.125. The highest BCUT2D eigenvalue weighted by molar-refractivity contribution is 7.99. The first kappa shape index (κ1) is 19.9. The van der Waals surface area contributed by atoms with Gasteiger partial charge < -0.3 is 15.1 Å². The van der Waals surface area contributed by atoms with E-state index >= 15 is 0 Å². The van der Waals surface area contributed by atoms with Crippen molar-refractivity contribution >= 4 is 29.6 Å². The first-order valence-electron chi connectivity index (χ1n) is 8.88. The molecule has 9 nitrogen and oxygen atoms in total. The van der Waals surface area contributed by atoms with E-state index in [0.29, 0.717) is 6.54 Å². The number of carbonyl (C=O) groups is 3. The maximum absolute atomic E-state index is 11.9. The van der Waals surface area contributed by atoms with Gasteiger partial charge in [-0.3, -0.25) is 14.9 Å². The average molecular weight is 403 g/mol. The summed E-state index contributed by atoms with van der Waals surface area (Å²) in [4.78, 5) is 35.1. The number of imide groups is 1. The smallest absolute Gasteiger partial charge is 0.321 e. The van der Waals surface area contributed by atoms with Crippen LogP contribution in [0.3, 0.4) is 0 Å². The van der Waals surface area contributed by atoms with Crippen molar-refractivity contribution in [2.24, 2.45) is 5.92 Å². The van der Waals surface area contributed by atoms with Gasteiger partial charge in [-0.25, -0.2) is 4.79 Å². The Morgan fingerprint density at radius 1 is 1.25 bits per heavy atom. The molecule has 2 heterocycles. The van der Waals surface area contributed by atoms with Crippen LogP contribution in [-0.4, -0.2) is 46.4 Å². The third kappa shape index (κ3) is 5.56. The summed E-state index contributed by atoms with van der Waals surface area (Å²) in [5, 5.41) is 15.8. The fourth-order valence-electron chi connectivity index (χ4n) is 2.78. The van der Waals surface area contributed by atoms with E-state index < -0.39 is 11.9 Å². The van der Waals surface area contributed by atoms with E-state index in [1.54, 1.807) is 6.92 Å². The molecule has 2 aromatic rings. The molecule has 3 N–H and O–H groups in total. The van der Waals surface area contributed by atoms with Crippen LogP contribution in [0.4, 0.5) is 4.79 Å². The summed E-state index contributed by atoms with van der Waals surface area (Å²) >= 11 is 1.14. The number of nitrogens with zero attached hydrogens (tertiary/aromatic N) is 2. The summed E-state index contributed by atoms with van der Waals surface area (Å²) in [7, 11) is 0. The molecule has 2 unspecified atom stereocenters. The number of aromatic nitrogens is 2. The Labute approximate surface area is 166 Å².